The van der Waals surface area contributed by atoms with Crippen molar-refractivity contribution in [3.63, 3.8) is 0 Å². The lowest BCUT2D eigenvalue weighted by Crippen LogP contribution is -2.41. The van der Waals surface area contributed by atoms with Gasteiger partial charge in [-0.25, -0.2) is 0 Å². The van der Waals surface area contributed by atoms with Gasteiger partial charge >= 0.3 is 0 Å². The second kappa shape index (κ2) is 8.08. The van der Waals surface area contributed by atoms with E-state index in [-0.39, 0.29) is 24.2 Å². The summed E-state index contributed by atoms with van der Waals surface area (Å²) >= 11 is 7.46. The number of hydrogen-bond acceptors (Lipinski definition) is 4. The van der Waals surface area contributed by atoms with E-state index in [0.29, 0.717) is 10.6 Å². The number of amides is 2. The minimum Gasteiger partial charge on any atom is -0.294 e. The molecular weight excluding hydrogens is 348 g/mol. The second-order valence-electron chi connectivity index (χ2n) is 5.23. The quantitative estimate of drug-likeness (QED) is 0.630. The van der Waals surface area contributed by atoms with Crippen molar-refractivity contribution in [3.8, 4) is 0 Å². The molecule has 0 bridgehead atoms. The van der Waals surface area contributed by atoms with Gasteiger partial charge in [-0.1, -0.05) is 23.7 Å². The first-order valence-electron chi connectivity index (χ1n) is 7.32. The van der Waals surface area contributed by atoms with Crippen LogP contribution in [0.15, 0.2) is 30.3 Å². The highest BCUT2D eigenvalue weighted by Gasteiger charge is 2.15. The molecule has 0 aliphatic rings. The van der Waals surface area contributed by atoms with E-state index in [9.17, 15) is 14.4 Å². The fourth-order valence-electron chi connectivity index (χ4n) is 2.17. The maximum absolute atomic E-state index is 12.1. The summed E-state index contributed by atoms with van der Waals surface area (Å²) in [6, 6.07) is 8.35. The van der Waals surface area contributed by atoms with E-state index in [4.69, 9.17) is 11.6 Å². The molecule has 0 aliphatic carbocycles. The van der Waals surface area contributed by atoms with Gasteiger partial charge < -0.3 is 0 Å². The van der Waals surface area contributed by atoms with Crippen LogP contribution < -0.4 is 10.9 Å². The third-order valence-electron chi connectivity index (χ3n) is 3.35. The number of hydrazine groups is 1. The first-order chi connectivity index (χ1) is 11.4. The number of aryl methyl sites for hydroxylation is 2. The molecule has 0 spiro atoms. The molecule has 2 rings (SSSR count). The number of rotatable bonds is 5. The smallest absolute Gasteiger partial charge is 0.271 e. The molecule has 1 aromatic carbocycles. The Kier molecular flexibility index (Phi) is 6.11. The predicted molar refractivity (Wildman–Crippen MR) is 94.4 cm³/mol. The molecule has 1 aromatic heterocycles. The summed E-state index contributed by atoms with van der Waals surface area (Å²) in [5, 5.41) is 0.294. The Morgan fingerprint density at radius 1 is 1.04 bits per heavy atom. The molecule has 1 heterocycles. The Hall–Kier alpha value is -2.18. The van der Waals surface area contributed by atoms with E-state index < -0.39 is 11.8 Å². The van der Waals surface area contributed by atoms with E-state index in [0.717, 1.165) is 9.75 Å². The monoisotopic (exact) mass is 364 g/mol. The summed E-state index contributed by atoms with van der Waals surface area (Å²) in [6.07, 6.45) is 0.0841. The summed E-state index contributed by atoms with van der Waals surface area (Å²) < 4.78 is 0. The van der Waals surface area contributed by atoms with Crippen molar-refractivity contribution in [2.24, 2.45) is 0 Å². The van der Waals surface area contributed by atoms with Gasteiger partial charge in [-0.15, -0.1) is 11.3 Å². The van der Waals surface area contributed by atoms with Crippen molar-refractivity contribution in [1.29, 1.82) is 0 Å². The molecule has 0 radical (unpaired) electrons. The summed E-state index contributed by atoms with van der Waals surface area (Å²) in [4.78, 5) is 37.8. The van der Waals surface area contributed by atoms with Crippen LogP contribution in [0, 0.1) is 13.8 Å². The topological polar surface area (TPSA) is 75.3 Å². The van der Waals surface area contributed by atoms with E-state index in [2.05, 4.69) is 10.9 Å². The summed E-state index contributed by atoms with van der Waals surface area (Å²) in [5.74, 6) is -1.03. The maximum Gasteiger partial charge on any atom is 0.271 e. The normalized spacial score (nSPS) is 10.3. The standard InChI is InChI=1S/C17H17ClN2O3S/c1-10-9-13(11(2)24-10)15(21)7-8-16(22)19-20-17(23)12-5-3-4-6-14(12)18/h3-6,9H,7-8H2,1-2H3,(H,19,22)(H,20,23). The number of ketones is 1. The first kappa shape index (κ1) is 18.2. The number of hydrogen-bond donors (Lipinski definition) is 2. The molecule has 0 atom stereocenters. The lowest BCUT2D eigenvalue weighted by atomic mass is 10.1. The number of benzene rings is 1. The van der Waals surface area contributed by atoms with Crippen molar-refractivity contribution in [1.82, 2.24) is 10.9 Å². The van der Waals surface area contributed by atoms with Crippen molar-refractivity contribution < 1.29 is 14.4 Å². The molecule has 0 fully saturated rings. The van der Waals surface area contributed by atoms with Gasteiger partial charge in [0.2, 0.25) is 5.91 Å². The minimum atomic E-state index is -0.510. The third-order valence-corrected chi connectivity index (χ3v) is 4.65. The lowest BCUT2D eigenvalue weighted by molar-refractivity contribution is -0.121. The zero-order chi connectivity index (χ0) is 17.7. The molecule has 2 amide bonds. The molecular formula is C17H17ClN2O3S. The van der Waals surface area contributed by atoms with Crippen molar-refractivity contribution in [2.75, 3.05) is 0 Å². The van der Waals surface area contributed by atoms with Crippen molar-refractivity contribution in [3.05, 3.63) is 56.2 Å². The average molecular weight is 365 g/mol. The molecule has 0 aliphatic heterocycles. The second-order valence-corrected chi connectivity index (χ2v) is 7.10. The van der Waals surface area contributed by atoms with Gasteiger partial charge in [0, 0.05) is 28.2 Å². The Balaban J connectivity index is 1.81. The van der Waals surface area contributed by atoms with E-state index in [1.807, 2.05) is 19.9 Å². The van der Waals surface area contributed by atoms with Crippen LogP contribution in [0.1, 0.15) is 43.3 Å². The highest BCUT2D eigenvalue weighted by molar-refractivity contribution is 7.12. The molecule has 7 heteroatoms. The molecule has 0 saturated heterocycles. The molecule has 0 saturated carbocycles. The van der Waals surface area contributed by atoms with Crippen LogP contribution in [0.3, 0.4) is 0 Å². The van der Waals surface area contributed by atoms with Gasteiger partial charge in [0.25, 0.3) is 5.91 Å². The first-order valence-corrected chi connectivity index (χ1v) is 8.52. The molecule has 2 N–H and O–H groups in total. The summed E-state index contributed by atoms with van der Waals surface area (Å²) in [6.45, 7) is 3.82. The lowest BCUT2D eigenvalue weighted by Gasteiger charge is -2.08. The van der Waals surface area contributed by atoms with Crippen LogP contribution in [0.5, 0.6) is 0 Å². The Morgan fingerprint density at radius 2 is 1.75 bits per heavy atom. The fourth-order valence-corrected chi connectivity index (χ4v) is 3.34. The van der Waals surface area contributed by atoms with E-state index in [1.165, 1.54) is 0 Å². The number of halogens is 1. The Bertz CT molecular complexity index is 786. The van der Waals surface area contributed by atoms with Gasteiger partial charge in [-0.2, -0.15) is 0 Å². The van der Waals surface area contributed by atoms with Crippen LogP contribution in [-0.4, -0.2) is 17.6 Å². The summed E-state index contributed by atoms with van der Waals surface area (Å²) in [5.41, 5.74) is 5.50. The van der Waals surface area contributed by atoms with Crippen molar-refractivity contribution in [2.45, 2.75) is 26.7 Å². The van der Waals surface area contributed by atoms with Crippen LogP contribution in [0.4, 0.5) is 0 Å². The predicted octanol–water partition coefficient (Wildman–Crippen LogP) is 3.44. The molecule has 5 nitrogen and oxygen atoms in total. The van der Waals surface area contributed by atoms with E-state index in [1.54, 1.807) is 35.6 Å². The summed E-state index contributed by atoms with van der Waals surface area (Å²) in [7, 11) is 0. The minimum absolute atomic E-state index is 0.00400. The average Bonchev–Trinajstić information content (AvgIpc) is 2.89. The number of carbonyl (C=O) groups is 3. The zero-order valence-corrected chi connectivity index (χ0v) is 14.9. The molecule has 24 heavy (non-hydrogen) atoms. The van der Waals surface area contributed by atoms with Crippen LogP contribution >= 0.6 is 22.9 Å². The number of thiophene rings is 1. The third kappa shape index (κ3) is 4.66. The van der Waals surface area contributed by atoms with Gasteiger partial charge in [0.15, 0.2) is 5.78 Å². The molecule has 126 valence electrons. The number of nitrogens with one attached hydrogen (secondary N) is 2. The molecule has 0 unspecified atom stereocenters. The fraction of sp³-hybridized carbons (Fsp3) is 0.235. The SMILES string of the molecule is Cc1cc(C(=O)CCC(=O)NNC(=O)c2ccccc2Cl)c(C)s1. The molecule has 2 aromatic rings. The van der Waals surface area contributed by atoms with Crippen LogP contribution in [-0.2, 0) is 4.79 Å². The highest BCUT2D eigenvalue weighted by Crippen LogP contribution is 2.22. The Labute approximate surface area is 149 Å². The largest absolute Gasteiger partial charge is 0.294 e. The maximum atomic E-state index is 12.1. The van der Waals surface area contributed by atoms with Gasteiger partial charge in [0.05, 0.1) is 10.6 Å². The van der Waals surface area contributed by atoms with Gasteiger partial charge in [-0.3, -0.25) is 25.2 Å². The highest BCUT2D eigenvalue weighted by atomic mass is 35.5. The zero-order valence-electron chi connectivity index (χ0n) is 13.3. The van der Waals surface area contributed by atoms with Gasteiger partial charge in [-0.05, 0) is 32.0 Å². The Morgan fingerprint density at radius 3 is 2.38 bits per heavy atom. The van der Waals surface area contributed by atoms with Crippen LogP contribution in [0.2, 0.25) is 5.02 Å². The van der Waals surface area contributed by atoms with Crippen LogP contribution in [0.25, 0.3) is 0 Å². The van der Waals surface area contributed by atoms with Crippen molar-refractivity contribution >= 4 is 40.5 Å². The van der Waals surface area contributed by atoms with E-state index >= 15 is 0 Å². The number of Topliss-reactive ketones (excluding diaryl/α,β-unsaturated/α-hetero) is 1. The van der Waals surface area contributed by atoms with Gasteiger partial charge in [0.1, 0.15) is 0 Å². The number of carbonyl (C=O) groups excluding carboxylic acids is 3.